The first kappa shape index (κ1) is 20.3. The molecule has 2 N–H and O–H groups in total. The maximum absolute atomic E-state index is 12.5. The van der Waals surface area contributed by atoms with E-state index in [0.717, 1.165) is 0 Å². The predicted octanol–water partition coefficient (Wildman–Crippen LogP) is 2.52. The van der Waals surface area contributed by atoms with E-state index in [1.807, 2.05) is 0 Å². The average Bonchev–Trinajstić information content (AvgIpc) is 2.55. The van der Waals surface area contributed by atoms with Crippen LogP contribution < -0.4 is 10.6 Å². The molecule has 6 nitrogen and oxygen atoms in total. The van der Waals surface area contributed by atoms with E-state index in [1.54, 1.807) is 41.6 Å². The van der Waals surface area contributed by atoms with Crippen molar-refractivity contribution in [3.8, 4) is 0 Å². The average molecular weight is 391 g/mol. The van der Waals surface area contributed by atoms with Crippen LogP contribution in [-0.2, 0) is 0 Å². The van der Waals surface area contributed by atoms with Crippen LogP contribution in [0.3, 0.4) is 0 Å². The van der Waals surface area contributed by atoms with Crippen LogP contribution in [0.2, 0.25) is 5.02 Å². The Morgan fingerprint density at radius 2 is 1.71 bits per heavy atom. The van der Waals surface area contributed by atoms with E-state index >= 15 is 0 Å². The van der Waals surface area contributed by atoms with E-state index in [0.29, 0.717) is 48.4 Å². The van der Waals surface area contributed by atoms with Gasteiger partial charge in [0.25, 0.3) is 5.91 Å². The number of hydrogen-bond donors (Lipinski definition) is 1. The van der Waals surface area contributed by atoms with Crippen molar-refractivity contribution in [2.75, 3.05) is 36.8 Å². The molecule has 0 unspecified atom stereocenters. The zero-order valence-corrected chi connectivity index (χ0v) is 15.2. The molecule has 0 spiro atoms. The van der Waals surface area contributed by atoms with Crippen molar-refractivity contribution in [1.29, 1.82) is 0 Å². The molecule has 1 aromatic heterocycles. The number of hydrogen-bond acceptors (Lipinski definition) is 5. The topological polar surface area (TPSA) is 75.4 Å². The number of aromatic nitrogens is 2. The van der Waals surface area contributed by atoms with Gasteiger partial charge in [0.05, 0.1) is 10.6 Å². The van der Waals surface area contributed by atoms with Gasteiger partial charge in [-0.25, -0.2) is 9.97 Å². The summed E-state index contributed by atoms with van der Waals surface area (Å²) < 4.78 is 0. The van der Waals surface area contributed by atoms with Gasteiger partial charge in [0, 0.05) is 44.3 Å². The second-order valence-electron chi connectivity index (χ2n) is 5.07. The lowest BCUT2D eigenvalue weighted by atomic mass is 10.1. The van der Waals surface area contributed by atoms with Gasteiger partial charge in [-0.15, -0.1) is 24.8 Å². The van der Waals surface area contributed by atoms with Crippen molar-refractivity contribution in [3.63, 3.8) is 0 Å². The fourth-order valence-electron chi connectivity index (χ4n) is 2.44. The van der Waals surface area contributed by atoms with Gasteiger partial charge >= 0.3 is 0 Å². The first-order valence-corrected chi connectivity index (χ1v) is 7.39. The Kier molecular flexibility index (Phi) is 7.54. The van der Waals surface area contributed by atoms with E-state index in [2.05, 4.69) is 14.9 Å². The van der Waals surface area contributed by atoms with Gasteiger partial charge < -0.3 is 15.5 Å². The normalized spacial score (nSPS) is 13.7. The summed E-state index contributed by atoms with van der Waals surface area (Å²) >= 11 is 6.11. The van der Waals surface area contributed by atoms with Crippen molar-refractivity contribution < 1.29 is 4.79 Å². The van der Waals surface area contributed by atoms with Crippen molar-refractivity contribution in [2.24, 2.45) is 0 Å². The Bertz CT molecular complexity index is 678. The molecule has 0 radical (unpaired) electrons. The van der Waals surface area contributed by atoms with Crippen LogP contribution in [0, 0.1) is 0 Å². The molecule has 3 rings (SSSR count). The summed E-state index contributed by atoms with van der Waals surface area (Å²) in [5, 5.41) is 0.388. The van der Waals surface area contributed by atoms with Crippen LogP contribution in [0.25, 0.3) is 0 Å². The fourth-order valence-corrected chi connectivity index (χ4v) is 2.71. The summed E-state index contributed by atoms with van der Waals surface area (Å²) in [6.45, 7) is 2.61. The molecule has 24 heavy (non-hydrogen) atoms. The number of carbonyl (C=O) groups excluding carboxylic acids is 1. The summed E-state index contributed by atoms with van der Waals surface area (Å²) in [5.74, 6) is 0.624. The van der Waals surface area contributed by atoms with Gasteiger partial charge in [0.2, 0.25) is 5.95 Å². The fraction of sp³-hybridized carbons (Fsp3) is 0.267. The van der Waals surface area contributed by atoms with Crippen LogP contribution >= 0.6 is 36.4 Å². The highest BCUT2D eigenvalue weighted by Gasteiger charge is 2.24. The Morgan fingerprint density at radius 1 is 1.08 bits per heavy atom. The number of halogens is 3. The molecule has 2 heterocycles. The van der Waals surface area contributed by atoms with Gasteiger partial charge in [-0.2, -0.15) is 0 Å². The summed E-state index contributed by atoms with van der Waals surface area (Å²) in [6, 6.07) is 6.75. The minimum atomic E-state index is -0.0707. The van der Waals surface area contributed by atoms with Gasteiger partial charge in [-0.05, 0) is 24.3 Å². The number of nitrogens with two attached hydrogens (primary N) is 1. The van der Waals surface area contributed by atoms with E-state index in [4.69, 9.17) is 17.3 Å². The lowest BCUT2D eigenvalue weighted by Crippen LogP contribution is -2.49. The Hall–Kier alpha value is -1.76. The highest BCUT2D eigenvalue weighted by Crippen LogP contribution is 2.21. The van der Waals surface area contributed by atoms with Crippen LogP contribution in [0.1, 0.15) is 10.4 Å². The lowest BCUT2D eigenvalue weighted by molar-refractivity contribution is 0.0746. The molecule has 0 bridgehead atoms. The van der Waals surface area contributed by atoms with Crippen LogP contribution in [0.15, 0.2) is 36.7 Å². The van der Waals surface area contributed by atoms with Crippen molar-refractivity contribution in [3.05, 3.63) is 47.2 Å². The first-order chi connectivity index (χ1) is 10.6. The van der Waals surface area contributed by atoms with Crippen molar-refractivity contribution in [1.82, 2.24) is 14.9 Å². The molecule has 1 saturated heterocycles. The third-order valence-electron chi connectivity index (χ3n) is 3.63. The highest BCUT2D eigenvalue weighted by molar-refractivity contribution is 6.34. The first-order valence-electron chi connectivity index (χ1n) is 7.01. The second-order valence-corrected chi connectivity index (χ2v) is 5.47. The monoisotopic (exact) mass is 389 g/mol. The zero-order valence-electron chi connectivity index (χ0n) is 12.8. The van der Waals surface area contributed by atoms with Crippen LogP contribution in [-0.4, -0.2) is 47.0 Å². The quantitative estimate of drug-likeness (QED) is 0.798. The molecule has 2 aromatic rings. The number of rotatable bonds is 2. The number of carbonyl (C=O) groups is 1. The van der Waals surface area contributed by atoms with Gasteiger partial charge in [-0.1, -0.05) is 11.6 Å². The number of amides is 1. The number of nitrogen functional groups attached to an aromatic ring is 1. The molecule has 1 aromatic carbocycles. The second kappa shape index (κ2) is 8.92. The number of benzene rings is 1. The molecule has 1 aliphatic heterocycles. The minimum Gasteiger partial charge on any atom is -0.399 e. The van der Waals surface area contributed by atoms with E-state index in [1.165, 1.54) is 0 Å². The molecule has 0 saturated carbocycles. The summed E-state index contributed by atoms with van der Waals surface area (Å²) in [7, 11) is 0. The molecule has 1 amide bonds. The number of piperazine rings is 1. The third-order valence-corrected chi connectivity index (χ3v) is 3.94. The summed E-state index contributed by atoms with van der Waals surface area (Å²) in [5.41, 5.74) is 6.69. The predicted molar refractivity (Wildman–Crippen MR) is 101 cm³/mol. The standard InChI is InChI=1S/C15H16ClN5O.2ClH/c16-13-10-11(17)2-3-12(13)14(22)20-6-8-21(9-7-20)15-18-4-1-5-19-15;;/h1-5,10H,6-9,17H2;2*1H. The minimum absolute atomic E-state index is 0. The smallest absolute Gasteiger partial charge is 0.255 e. The largest absolute Gasteiger partial charge is 0.399 e. The number of anilines is 2. The van der Waals surface area contributed by atoms with E-state index in [-0.39, 0.29) is 30.7 Å². The van der Waals surface area contributed by atoms with Gasteiger partial charge in [0.1, 0.15) is 0 Å². The van der Waals surface area contributed by atoms with Gasteiger partial charge in [0.15, 0.2) is 0 Å². The molecule has 9 heteroatoms. The molecular formula is C15H18Cl3N5O. The molecule has 130 valence electrons. The summed E-state index contributed by atoms with van der Waals surface area (Å²) in [6.07, 6.45) is 3.43. The maximum Gasteiger partial charge on any atom is 0.255 e. The highest BCUT2D eigenvalue weighted by atomic mass is 35.5. The van der Waals surface area contributed by atoms with E-state index in [9.17, 15) is 4.79 Å². The molecule has 0 aliphatic carbocycles. The van der Waals surface area contributed by atoms with Crippen LogP contribution in [0.4, 0.5) is 11.6 Å². The zero-order chi connectivity index (χ0) is 15.5. The lowest BCUT2D eigenvalue weighted by Gasteiger charge is -2.34. The van der Waals surface area contributed by atoms with Crippen molar-refractivity contribution >= 4 is 54.0 Å². The third kappa shape index (κ3) is 4.41. The van der Waals surface area contributed by atoms with E-state index < -0.39 is 0 Å². The Balaban J connectivity index is 0.00000144. The summed E-state index contributed by atoms with van der Waals surface area (Å²) in [4.78, 5) is 24.8. The SMILES string of the molecule is Cl.Cl.Nc1ccc(C(=O)N2CCN(c3ncccn3)CC2)c(Cl)c1. The maximum atomic E-state index is 12.5. The molecule has 0 atom stereocenters. The number of nitrogens with zero attached hydrogens (tertiary/aromatic N) is 4. The molecular weight excluding hydrogens is 373 g/mol. The van der Waals surface area contributed by atoms with Gasteiger partial charge in [-0.3, -0.25) is 4.79 Å². The van der Waals surface area contributed by atoms with Crippen molar-refractivity contribution in [2.45, 2.75) is 0 Å². The molecule has 1 aliphatic rings. The molecule has 1 fully saturated rings. The van der Waals surface area contributed by atoms with Crippen LogP contribution in [0.5, 0.6) is 0 Å². The Labute approximate surface area is 157 Å². The Morgan fingerprint density at radius 3 is 2.29 bits per heavy atom.